The Balaban J connectivity index is 0.00000506. The number of nitro groups is 1. The average Bonchev–Trinajstić information content (AvgIpc) is 2.92. The number of rotatable bonds is 6. The number of piperazine rings is 1. The van der Waals surface area contributed by atoms with Gasteiger partial charge in [0.05, 0.1) is 15.5 Å². The fourth-order valence-corrected chi connectivity index (χ4v) is 5.24. The topological polar surface area (TPSA) is 99.0 Å². The molecule has 2 aliphatic rings. The van der Waals surface area contributed by atoms with Crippen LogP contribution in [0.4, 0.5) is 43.4 Å². The zero-order valence-corrected chi connectivity index (χ0v) is 22.7. The maximum Gasteiger partial charge on any atom is 0.423 e. The summed E-state index contributed by atoms with van der Waals surface area (Å²) in [5, 5.41) is 13.5. The molecule has 2 saturated heterocycles. The second-order valence-electron chi connectivity index (χ2n) is 9.99. The number of halogens is 7. The molecule has 236 valence electrons. The van der Waals surface area contributed by atoms with Gasteiger partial charge in [-0.3, -0.25) is 19.7 Å². The largest absolute Gasteiger partial charge is 0.423 e. The summed E-state index contributed by atoms with van der Waals surface area (Å²) in [5.41, 5.74) is -2.94. The highest BCUT2D eigenvalue weighted by Gasteiger charge is 2.39. The lowest BCUT2D eigenvalue weighted by Gasteiger charge is -2.37. The molecule has 0 saturated carbocycles. The van der Waals surface area contributed by atoms with Gasteiger partial charge in [-0.15, -0.1) is 0 Å². The summed E-state index contributed by atoms with van der Waals surface area (Å²) in [4.78, 5) is 40.1. The number of nitrogens with one attached hydrogen (secondary N) is 1. The molecule has 2 amide bonds. The molecule has 2 fully saturated rings. The Bertz CT molecular complexity index is 1340. The second kappa shape index (κ2) is 13.3. The lowest BCUT2D eigenvalue weighted by atomic mass is 10.0. The SMILES string of the molecule is C.O=C(CC(=O)N1CCN(c2ccc(Cl)c(C(F)(F)F)c2)CC1)N1CCC(Nc2ccc([N+](=O)[O-])c(C(F)(F)F)c2)CC1. The van der Waals surface area contributed by atoms with Crippen molar-refractivity contribution in [3.05, 3.63) is 62.7 Å². The van der Waals surface area contributed by atoms with Gasteiger partial charge in [-0.1, -0.05) is 19.0 Å². The number of carbonyl (C=O) groups excluding carboxylic acids is 2. The van der Waals surface area contributed by atoms with E-state index < -0.39 is 50.9 Å². The van der Waals surface area contributed by atoms with Crippen LogP contribution in [0.3, 0.4) is 0 Å². The zero-order valence-electron chi connectivity index (χ0n) is 22.0. The van der Waals surface area contributed by atoms with E-state index in [1.54, 1.807) is 4.90 Å². The third kappa shape index (κ3) is 8.21. The van der Waals surface area contributed by atoms with E-state index in [4.69, 9.17) is 11.6 Å². The van der Waals surface area contributed by atoms with E-state index in [-0.39, 0.29) is 64.8 Å². The van der Waals surface area contributed by atoms with Gasteiger partial charge in [0.15, 0.2) is 0 Å². The first-order chi connectivity index (χ1) is 19.6. The van der Waals surface area contributed by atoms with E-state index >= 15 is 0 Å². The number of carbonyl (C=O) groups is 2. The van der Waals surface area contributed by atoms with Gasteiger partial charge >= 0.3 is 12.4 Å². The normalized spacial score (nSPS) is 16.5. The van der Waals surface area contributed by atoms with E-state index in [0.29, 0.717) is 24.6 Å². The molecule has 2 aromatic carbocycles. The Kier molecular flexibility index (Phi) is 10.4. The second-order valence-corrected chi connectivity index (χ2v) is 10.4. The van der Waals surface area contributed by atoms with E-state index in [1.807, 2.05) is 0 Å². The van der Waals surface area contributed by atoms with Crippen molar-refractivity contribution in [2.24, 2.45) is 0 Å². The fourth-order valence-electron chi connectivity index (χ4n) is 5.02. The monoisotopic (exact) mass is 637 g/mol. The zero-order chi connectivity index (χ0) is 30.8. The van der Waals surface area contributed by atoms with Crippen LogP contribution < -0.4 is 10.2 Å². The van der Waals surface area contributed by atoms with Crippen molar-refractivity contribution < 1.29 is 40.9 Å². The van der Waals surface area contributed by atoms with Crippen LogP contribution in [-0.4, -0.2) is 71.8 Å². The molecule has 0 unspecified atom stereocenters. The number of amides is 2. The summed E-state index contributed by atoms with van der Waals surface area (Å²) in [6.07, 6.45) is -9.11. The van der Waals surface area contributed by atoms with Crippen molar-refractivity contribution in [2.45, 2.75) is 45.1 Å². The van der Waals surface area contributed by atoms with E-state index in [9.17, 15) is 46.0 Å². The Hall–Kier alpha value is -3.75. The summed E-state index contributed by atoms with van der Waals surface area (Å²) >= 11 is 5.69. The molecule has 0 radical (unpaired) electrons. The predicted octanol–water partition coefficient (Wildman–Crippen LogP) is 6.06. The van der Waals surface area contributed by atoms with Gasteiger partial charge in [0.2, 0.25) is 11.8 Å². The van der Waals surface area contributed by atoms with Gasteiger partial charge < -0.3 is 20.0 Å². The average molecular weight is 638 g/mol. The van der Waals surface area contributed by atoms with Crippen LogP contribution in [-0.2, 0) is 21.9 Å². The van der Waals surface area contributed by atoms with E-state index in [2.05, 4.69) is 5.32 Å². The van der Waals surface area contributed by atoms with E-state index in [0.717, 1.165) is 12.1 Å². The van der Waals surface area contributed by atoms with Crippen molar-refractivity contribution >= 4 is 40.5 Å². The van der Waals surface area contributed by atoms with Crippen LogP contribution >= 0.6 is 11.6 Å². The Labute approximate surface area is 248 Å². The van der Waals surface area contributed by atoms with Crippen molar-refractivity contribution in [1.82, 2.24) is 9.80 Å². The van der Waals surface area contributed by atoms with Crippen LogP contribution in [0, 0.1) is 10.1 Å². The first kappa shape index (κ1) is 33.7. The molecule has 0 spiro atoms. The minimum absolute atomic E-state index is 0. The summed E-state index contributed by atoms with van der Waals surface area (Å²) < 4.78 is 79.4. The number of hydrogen-bond donors (Lipinski definition) is 1. The van der Waals surface area contributed by atoms with Crippen LogP contribution in [0.25, 0.3) is 0 Å². The molecule has 4 rings (SSSR count). The number of nitro benzene ring substituents is 1. The van der Waals surface area contributed by atoms with Crippen LogP contribution in [0.5, 0.6) is 0 Å². The maximum atomic E-state index is 13.3. The highest BCUT2D eigenvalue weighted by Crippen LogP contribution is 2.38. The smallest absolute Gasteiger partial charge is 0.382 e. The lowest BCUT2D eigenvalue weighted by Crippen LogP contribution is -2.50. The molecule has 1 N–H and O–H groups in total. The first-order valence-electron chi connectivity index (χ1n) is 12.9. The fraction of sp³-hybridized carbons (Fsp3) is 0.481. The molecule has 9 nitrogen and oxygen atoms in total. The lowest BCUT2D eigenvalue weighted by molar-refractivity contribution is -0.388. The van der Waals surface area contributed by atoms with Crippen LogP contribution in [0.15, 0.2) is 36.4 Å². The number of anilines is 2. The molecule has 16 heteroatoms. The summed E-state index contributed by atoms with van der Waals surface area (Å²) in [5.74, 6) is -0.805. The van der Waals surface area contributed by atoms with Crippen molar-refractivity contribution in [2.75, 3.05) is 49.5 Å². The quantitative estimate of drug-likeness (QED) is 0.179. The predicted molar refractivity (Wildman–Crippen MR) is 148 cm³/mol. The highest BCUT2D eigenvalue weighted by molar-refractivity contribution is 6.31. The van der Waals surface area contributed by atoms with Crippen LogP contribution in [0.1, 0.15) is 37.8 Å². The van der Waals surface area contributed by atoms with Gasteiger partial charge in [0.1, 0.15) is 12.0 Å². The van der Waals surface area contributed by atoms with Crippen LogP contribution in [0.2, 0.25) is 5.02 Å². The number of hydrogen-bond acceptors (Lipinski definition) is 6. The molecule has 2 heterocycles. The Morgan fingerprint density at radius 2 is 1.42 bits per heavy atom. The third-order valence-corrected chi connectivity index (χ3v) is 7.60. The number of likely N-dealkylation sites (tertiary alicyclic amines) is 1. The Morgan fingerprint density at radius 3 is 1.95 bits per heavy atom. The number of nitrogens with zero attached hydrogens (tertiary/aromatic N) is 4. The summed E-state index contributed by atoms with van der Waals surface area (Å²) in [7, 11) is 0. The number of piperidine rings is 1. The molecule has 0 aliphatic carbocycles. The highest BCUT2D eigenvalue weighted by atomic mass is 35.5. The molecule has 43 heavy (non-hydrogen) atoms. The summed E-state index contributed by atoms with van der Waals surface area (Å²) in [6, 6.07) is 6.03. The van der Waals surface area contributed by atoms with Gasteiger partial charge in [-0.2, -0.15) is 26.3 Å². The van der Waals surface area contributed by atoms with E-state index in [1.165, 1.54) is 28.0 Å². The maximum absolute atomic E-state index is 13.3. The summed E-state index contributed by atoms with van der Waals surface area (Å²) in [6.45, 7) is 1.50. The van der Waals surface area contributed by atoms with Gasteiger partial charge in [0, 0.05) is 62.8 Å². The van der Waals surface area contributed by atoms with Gasteiger partial charge in [-0.25, -0.2) is 0 Å². The minimum atomic E-state index is -4.90. The number of benzene rings is 2. The molecule has 2 aromatic rings. The minimum Gasteiger partial charge on any atom is -0.382 e. The van der Waals surface area contributed by atoms with Crippen molar-refractivity contribution in [3.63, 3.8) is 0 Å². The molecule has 2 aliphatic heterocycles. The Morgan fingerprint density at radius 1 is 0.860 bits per heavy atom. The molecular formula is C27H30ClF6N5O4. The van der Waals surface area contributed by atoms with Gasteiger partial charge in [0.25, 0.3) is 5.69 Å². The molecular weight excluding hydrogens is 608 g/mol. The van der Waals surface area contributed by atoms with Crippen molar-refractivity contribution in [3.8, 4) is 0 Å². The third-order valence-electron chi connectivity index (χ3n) is 7.27. The standard InChI is InChI=1S/C26H26ClF6N5O4.CH4/c27-21-3-2-18(14-19(21)25(28,29)30)35-9-11-37(12-10-35)24(40)15-23(39)36-7-5-16(6-8-36)34-17-1-4-22(38(41)42)20(13-17)26(31,32)33;/h1-4,13-14,16,34H,5-12,15H2;1H4. The number of alkyl halides is 6. The first-order valence-corrected chi connectivity index (χ1v) is 13.3. The molecule has 0 aromatic heterocycles. The molecule has 0 atom stereocenters. The van der Waals surface area contributed by atoms with Gasteiger partial charge in [-0.05, 0) is 43.2 Å². The molecule has 0 bridgehead atoms. The van der Waals surface area contributed by atoms with Crippen molar-refractivity contribution in [1.29, 1.82) is 0 Å².